The van der Waals surface area contributed by atoms with E-state index in [2.05, 4.69) is 25.7 Å². The molecule has 3 aliphatic rings. The van der Waals surface area contributed by atoms with Crippen molar-refractivity contribution in [2.45, 2.75) is 52.2 Å². The Bertz CT molecular complexity index is 377. The number of ether oxygens (including phenoxy) is 1. The second-order valence-electron chi connectivity index (χ2n) is 7.17. The van der Waals surface area contributed by atoms with E-state index < -0.39 is 0 Å². The Morgan fingerprint density at radius 1 is 1.25 bits per heavy atom. The van der Waals surface area contributed by atoms with Gasteiger partial charge in [0.15, 0.2) is 5.96 Å². The van der Waals surface area contributed by atoms with Crippen LogP contribution in [-0.2, 0) is 4.74 Å². The molecule has 116 valence electrons. The van der Waals surface area contributed by atoms with E-state index in [0.29, 0.717) is 18.1 Å². The fourth-order valence-electron chi connectivity index (χ4n) is 4.02. The first kappa shape index (κ1) is 16.3. The smallest absolute Gasteiger partial charge is 0.191 e. The summed E-state index contributed by atoms with van der Waals surface area (Å²) in [7, 11) is 0. The van der Waals surface area contributed by atoms with Crippen LogP contribution in [0.3, 0.4) is 0 Å². The highest BCUT2D eigenvalue weighted by Gasteiger charge is 2.59. The maximum atomic E-state index is 6.24. The fraction of sp³-hybridized carbons (Fsp3) is 0.933. The number of nitrogens with zero attached hydrogens (tertiary/aromatic N) is 2. The van der Waals surface area contributed by atoms with E-state index in [9.17, 15) is 0 Å². The number of likely N-dealkylation sites (tertiary alicyclic amines) is 1. The van der Waals surface area contributed by atoms with Crippen molar-refractivity contribution in [3.05, 3.63) is 0 Å². The quantitative estimate of drug-likeness (QED) is 0.423. The highest BCUT2D eigenvalue weighted by Crippen LogP contribution is 2.53. The molecule has 4 nitrogen and oxygen atoms in total. The van der Waals surface area contributed by atoms with Gasteiger partial charge in [-0.1, -0.05) is 20.8 Å². The zero-order valence-electron chi connectivity index (χ0n) is 12.8. The van der Waals surface area contributed by atoms with E-state index in [0.717, 1.165) is 38.0 Å². The van der Waals surface area contributed by atoms with Crippen LogP contribution in [0.5, 0.6) is 0 Å². The second kappa shape index (κ2) is 5.99. The summed E-state index contributed by atoms with van der Waals surface area (Å²) in [5.41, 5.74) is 6.39. The molecular formula is C15H28IN3O. The molecular weight excluding hydrogens is 365 g/mol. The van der Waals surface area contributed by atoms with Gasteiger partial charge < -0.3 is 15.4 Å². The van der Waals surface area contributed by atoms with Crippen LogP contribution in [0.25, 0.3) is 0 Å². The van der Waals surface area contributed by atoms with Crippen molar-refractivity contribution >= 4 is 29.9 Å². The molecule has 0 aromatic rings. The van der Waals surface area contributed by atoms with Crippen LogP contribution < -0.4 is 5.73 Å². The predicted octanol–water partition coefficient (Wildman–Crippen LogP) is 2.46. The largest absolute Gasteiger partial charge is 0.377 e. The van der Waals surface area contributed by atoms with Crippen LogP contribution >= 0.6 is 24.0 Å². The molecule has 3 atom stereocenters. The molecule has 0 spiro atoms. The maximum Gasteiger partial charge on any atom is 0.191 e. The van der Waals surface area contributed by atoms with Gasteiger partial charge in [0.05, 0.1) is 12.1 Å². The number of guanidine groups is 1. The van der Waals surface area contributed by atoms with Gasteiger partial charge in [-0.25, -0.2) is 4.99 Å². The monoisotopic (exact) mass is 393 g/mol. The number of hydrogen-bond acceptors (Lipinski definition) is 2. The zero-order valence-corrected chi connectivity index (χ0v) is 15.2. The van der Waals surface area contributed by atoms with Crippen LogP contribution in [0.4, 0.5) is 0 Å². The zero-order chi connectivity index (χ0) is 13.6. The lowest BCUT2D eigenvalue weighted by Gasteiger charge is -2.52. The molecule has 3 rings (SSSR count). The van der Waals surface area contributed by atoms with Crippen LogP contribution in [-0.4, -0.2) is 42.7 Å². The summed E-state index contributed by atoms with van der Waals surface area (Å²) in [4.78, 5) is 7.13. The number of halogens is 1. The van der Waals surface area contributed by atoms with Gasteiger partial charge in [0.25, 0.3) is 0 Å². The topological polar surface area (TPSA) is 50.8 Å². The highest BCUT2D eigenvalue weighted by molar-refractivity contribution is 14.0. The molecule has 3 fully saturated rings. The molecule has 20 heavy (non-hydrogen) atoms. The van der Waals surface area contributed by atoms with Gasteiger partial charge in [-0.05, 0) is 25.2 Å². The van der Waals surface area contributed by atoms with Crippen molar-refractivity contribution in [2.24, 2.45) is 28.0 Å². The molecule has 0 aromatic carbocycles. The first-order valence-corrected chi connectivity index (χ1v) is 7.70. The Kier molecular flexibility index (Phi) is 4.89. The maximum absolute atomic E-state index is 6.24. The molecule has 0 bridgehead atoms. The normalized spacial score (nSPS) is 37.0. The second-order valence-corrected chi connectivity index (χ2v) is 7.17. The minimum absolute atomic E-state index is 0. The molecule has 1 saturated carbocycles. The summed E-state index contributed by atoms with van der Waals surface area (Å²) in [5.74, 6) is 2.18. The molecule has 0 aromatic heterocycles. The first-order valence-electron chi connectivity index (χ1n) is 7.70. The fourth-order valence-corrected chi connectivity index (χ4v) is 4.02. The van der Waals surface area contributed by atoms with Gasteiger partial charge in [-0.3, -0.25) is 0 Å². The molecule has 1 aliphatic carbocycles. The molecule has 0 amide bonds. The van der Waals surface area contributed by atoms with Crippen LogP contribution in [0.1, 0.15) is 40.0 Å². The third-order valence-corrected chi connectivity index (χ3v) is 5.42. The highest BCUT2D eigenvalue weighted by atomic mass is 127. The average Bonchev–Trinajstić information content (AvgIpc) is 2.83. The van der Waals surface area contributed by atoms with E-state index in [4.69, 9.17) is 15.5 Å². The van der Waals surface area contributed by atoms with Crippen molar-refractivity contribution in [3.63, 3.8) is 0 Å². The molecule has 3 unspecified atom stereocenters. The summed E-state index contributed by atoms with van der Waals surface area (Å²) >= 11 is 0. The van der Waals surface area contributed by atoms with Gasteiger partial charge in [0, 0.05) is 31.0 Å². The van der Waals surface area contributed by atoms with Crippen molar-refractivity contribution in [1.29, 1.82) is 0 Å². The Morgan fingerprint density at radius 3 is 2.55 bits per heavy atom. The summed E-state index contributed by atoms with van der Waals surface area (Å²) in [6.45, 7) is 9.87. The van der Waals surface area contributed by atoms with E-state index in [1.807, 2.05) is 0 Å². The van der Waals surface area contributed by atoms with Crippen molar-refractivity contribution < 1.29 is 4.74 Å². The number of hydrogen-bond donors (Lipinski definition) is 1. The van der Waals surface area contributed by atoms with Gasteiger partial charge in [-0.2, -0.15) is 0 Å². The number of aliphatic imine (C=N–C) groups is 1. The number of fused-ring (bicyclic) bond motifs is 1. The third kappa shape index (κ3) is 2.67. The Morgan fingerprint density at radius 2 is 1.90 bits per heavy atom. The molecule has 2 aliphatic heterocycles. The SMILES string of the molecule is CC1CCN(C(N)=NC2C3CCOC3C2(C)C)CC1.I. The van der Waals surface area contributed by atoms with Gasteiger partial charge in [0.1, 0.15) is 0 Å². The minimum Gasteiger partial charge on any atom is -0.377 e. The van der Waals surface area contributed by atoms with Crippen molar-refractivity contribution in [3.8, 4) is 0 Å². The van der Waals surface area contributed by atoms with E-state index in [-0.39, 0.29) is 29.4 Å². The molecule has 5 heteroatoms. The third-order valence-electron chi connectivity index (χ3n) is 5.42. The Labute approximate surface area is 139 Å². The van der Waals surface area contributed by atoms with Crippen molar-refractivity contribution in [2.75, 3.05) is 19.7 Å². The molecule has 2 N–H and O–H groups in total. The molecule has 0 radical (unpaired) electrons. The summed E-state index contributed by atoms with van der Waals surface area (Å²) in [6.07, 6.45) is 4.02. The van der Waals surface area contributed by atoms with Crippen LogP contribution in [0, 0.1) is 17.3 Å². The first-order chi connectivity index (χ1) is 9.00. The van der Waals surface area contributed by atoms with Crippen molar-refractivity contribution in [1.82, 2.24) is 4.90 Å². The van der Waals surface area contributed by atoms with Crippen LogP contribution in [0.15, 0.2) is 4.99 Å². The number of rotatable bonds is 1. The molecule has 2 saturated heterocycles. The standard InChI is InChI=1S/C15H27N3O.HI/c1-10-4-7-18(8-5-10)14(16)17-12-11-6-9-19-13(11)15(12,2)3;/h10-13H,4-9H2,1-3H3,(H2,16,17);1H. The van der Waals surface area contributed by atoms with Gasteiger partial charge in [0.2, 0.25) is 0 Å². The van der Waals surface area contributed by atoms with E-state index in [1.54, 1.807) is 0 Å². The van der Waals surface area contributed by atoms with Gasteiger partial charge >= 0.3 is 0 Å². The number of piperidine rings is 1. The summed E-state index contributed by atoms with van der Waals surface area (Å²) < 4.78 is 5.81. The Hall–Kier alpha value is -0.0400. The van der Waals surface area contributed by atoms with E-state index in [1.165, 1.54) is 12.8 Å². The van der Waals surface area contributed by atoms with Crippen LogP contribution in [0.2, 0.25) is 0 Å². The van der Waals surface area contributed by atoms with E-state index >= 15 is 0 Å². The van der Waals surface area contributed by atoms with Gasteiger partial charge in [-0.15, -0.1) is 24.0 Å². The number of nitrogens with two attached hydrogens (primary N) is 1. The Balaban J connectivity index is 0.00000147. The lowest BCUT2D eigenvalue weighted by molar-refractivity contribution is -0.0988. The average molecular weight is 393 g/mol. The predicted molar refractivity (Wildman–Crippen MR) is 92.4 cm³/mol. The lowest BCUT2D eigenvalue weighted by Crippen LogP contribution is -2.60. The summed E-state index contributed by atoms with van der Waals surface area (Å²) in [5, 5.41) is 0. The lowest BCUT2D eigenvalue weighted by atomic mass is 9.57. The molecule has 2 heterocycles. The minimum atomic E-state index is 0. The summed E-state index contributed by atoms with van der Waals surface area (Å²) in [6, 6.07) is 0.347.